The second-order valence-electron chi connectivity index (χ2n) is 12.3. The first kappa shape index (κ1) is 50.7. The van der Waals surface area contributed by atoms with Crippen molar-refractivity contribution >= 4 is 93.5 Å². The Morgan fingerprint density at radius 3 is 2.12 bits per heavy atom. The zero-order valence-corrected chi connectivity index (χ0v) is 37.2. The smallest absolute Gasteiger partial charge is 0.407 e. The fraction of sp³-hybridized carbons (Fsp3) is 0.636. The van der Waals surface area contributed by atoms with Gasteiger partial charge in [-0.3, -0.25) is 14.4 Å². The van der Waals surface area contributed by atoms with Gasteiger partial charge in [0.15, 0.2) is 30.2 Å². The Labute approximate surface area is 366 Å². The van der Waals surface area contributed by atoms with Gasteiger partial charge in [0.05, 0.1) is 32.5 Å². The number of halogens is 3. The summed E-state index contributed by atoms with van der Waals surface area (Å²) in [4.78, 5) is 85.6. The Kier molecular flexibility index (Phi) is 20.3. The summed E-state index contributed by atoms with van der Waals surface area (Å²) in [7, 11) is 4.97. The van der Waals surface area contributed by atoms with Crippen molar-refractivity contribution in [3.8, 4) is 10.7 Å². The van der Waals surface area contributed by atoms with E-state index in [-0.39, 0.29) is 17.5 Å². The number of methoxy groups -OCH3 is 4. The van der Waals surface area contributed by atoms with Gasteiger partial charge in [-0.2, -0.15) is 0 Å². The van der Waals surface area contributed by atoms with Crippen molar-refractivity contribution in [2.75, 3.05) is 48.6 Å². The number of thiazole rings is 2. The number of esters is 3. The topological polar surface area (TPSA) is 266 Å². The lowest BCUT2D eigenvalue weighted by Crippen LogP contribution is -2.66. The van der Waals surface area contributed by atoms with E-state index in [2.05, 4.69) is 25.9 Å². The van der Waals surface area contributed by atoms with E-state index in [1.807, 2.05) is 0 Å². The number of alkyl carbamates (subject to hydrolysis) is 2. The van der Waals surface area contributed by atoms with Crippen LogP contribution < -0.4 is 16.0 Å². The van der Waals surface area contributed by atoms with E-state index in [4.69, 9.17) is 86.9 Å². The molecule has 1 aliphatic heterocycles. The Morgan fingerprint density at radius 1 is 0.867 bits per heavy atom. The molecule has 3 amide bonds. The van der Waals surface area contributed by atoms with E-state index in [9.17, 15) is 28.8 Å². The molecule has 22 nitrogen and oxygen atoms in total. The lowest BCUT2D eigenvalue weighted by Gasteiger charge is -2.45. The standard InChI is InChI=1S/C33H44Cl3N5O17S2/c1-14(53-12-48-5)21(40-31(46)51-8)25(44)41-26(24(54-13-49-6)28-37-18(9-60-28)27-38-19(10-59-27)29(45)50-7)58-30-23(57-17(4)43)22(56-16(3)42)20(15(2)55-30)39-32(47)52-11-33(34,35)36/h9-10,14-15,20-24,26,30H,11-13H2,1-8H3,(H,39,47)(H,40,46)(H,41,44)/t14-,15+,20-,21+,22-,23-,24+,26?,30+/m1/s1. The van der Waals surface area contributed by atoms with Crippen molar-refractivity contribution in [3.63, 3.8) is 0 Å². The van der Waals surface area contributed by atoms with Gasteiger partial charge in [-0.25, -0.2) is 24.4 Å². The molecular weight excluding hydrogens is 909 g/mol. The van der Waals surface area contributed by atoms with E-state index < -0.39 is 108 Å². The third-order valence-electron chi connectivity index (χ3n) is 7.80. The Morgan fingerprint density at radius 2 is 1.52 bits per heavy atom. The van der Waals surface area contributed by atoms with E-state index in [1.54, 1.807) is 5.38 Å². The highest BCUT2D eigenvalue weighted by Crippen LogP contribution is 2.35. The van der Waals surface area contributed by atoms with Crippen LogP contribution in [0.5, 0.6) is 0 Å². The highest BCUT2D eigenvalue weighted by atomic mass is 35.6. The molecule has 336 valence electrons. The molecule has 0 radical (unpaired) electrons. The largest absolute Gasteiger partial charge is 0.464 e. The normalized spacial score (nSPS) is 21.0. The van der Waals surface area contributed by atoms with Gasteiger partial charge in [0.25, 0.3) is 0 Å². The number of hydrogen-bond acceptors (Lipinski definition) is 21. The van der Waals surface area contributed by atoms with E-state index in [0.29, 0.717) is 10.7 Å². The van der Waals surface area contributed by atoms with E-state index in [1.165, 1.54) is 40.6 Å². The molecule has 1 fully saturated rings. The van der Waals surface area contributed by atoms with Crippen LogP contribution >= 0.6 is 57.5 Å². The molecule has 3 N–H and O–H groups in total. The molecule has 27 heteroatoms. The molecule has 1 unspecified atom stereocenters. The minimum Gasteiger partial charge on any atom is -0.464 e. The average molecular weight is 953 g/mol. The van der Waals surface area contributed by atoms with Crippen LogP contribution in [0, 0.1) is 0 Å². The first-order valence-corrected chi connectivity index (χ1v) is 20.2. The summed E-state index contributed by atoms with van der Waals surface area (Å²) in [6, 6.07) is -2.76. The van der Waals surface area contributed by atoms with Crippen LogP contribution in [0.15, 0.2) is 10.8 Å². The van der Waals surface area contributed by atoms with Crippen LogP contribution in [-0.4, -0.2) is 147 Å². The van der Waals surface area contributed by atoms with Gasteiger partial charge in [0, 0.05) is 38.8 Å². The minimum absolute atomic E-state index is 0.0374. The van der Waals surface area contributed by atoms with Crippen molar-refractivity contribution in [1.82, 2.24) is 25.9 Å². The second kappa shape index (κ2) is 24.1. The van der Waals surface area contributed by atoms with E-state index >= 15 is 0 Å². The maximum absolute atomic E-state index is 14.2. The molecule has 0 saturated carbocycles. The monoisotopic (exact) mass is 951 g/mol. The van der Waals surface area contributed by atoms with Gasteiger partial charge in [-0.1, -0.05) is 34.8 Å². The highest BCUT2D eigenvalue weighted by Gasteiger charge is 2.52. The number of nitrogens with one attached hydrogen (secondary N) is 3. The SMILES string of the molecule is COCO[C@H](c1nc(-c2nc(C(=O)OC)cs2)cs1)C(NC(=O)[C@@H](NC(=O)OC)[C@@H](C)OCOC)O[C@@H]1O[C@@H](C)[C@@H](NC(=O)OCC(Cl)(Cl)Cl)[C@@H](OC(C)=O)[C@H]1OC(C)=O. The van der Waals surface area contributed by atoms with Gasteiger partial charge in [-0.15, -0.1) is 22.7 Å². The summed E-state index contributed by atoms with van der Waals surface area (Å²) in [5.41, 5.74) is 0.333. The summed E-state index contributed by atoms with van der Waals surface area (Å²) in [6.45, 7) is 3.69. The fourth-order valence-corrected chi connectivity index (χ4v) is 7.09. The molecule has 9 atom stereocenters. The van der Waals surface area contributed by atoms with Gasteiger partial charge in [0.1, 0.15) is 41.9 Å². The van der Waals surface area contributed by atoms with Gasteiger partial charge in [-0.05, 0) is 13.8 Å². The molecule has 0 aliphatic carbocycles. The molecule has 3 rings (SSSR count). The summed E-state index contributed by atoms with van der Waals surface area (Å²) in [5.74, 6) is -3.37. The lowest BCUT2D eigenvalue weighted by molar-refractivity contribution is -0.304. The molecule has 0 bridgehead atoms. The summed E-state index contributed by atoms with van der Waals surface area (Å²) >= 11 is 19.3. The number of alkyl halides is 3. The maximum atomic E-state index is 14.2. The number of hydrogen-bond donors (Lipinski definition) is 3. The number of aromatic nitrogens is 2. The number of ether oxygens (including phenoxy) is 11. The maximum Gasteiger partial charge on any atom is 0.407 e. The highest BCUT2D eigenvalue weighted by molar-refractivity contribution is 7.14. The van der Waals surface area contributed by atoms with Crippen molar-refractivity contribution in [3.05, 3.63) is 21.5 Å². The first-order chi connectivity index (χ1) is 28.3. The van der Waals surface area contributed by atoms with Gasteiger partial charge >= 0.3 is 30.1 Å². The van der Waals surface area contributed by atoms with Crippen LogP contribution in [-0.2, 0) is 66.5 Å². The van der Waals surface area contributed by atoms with Crippen molar-refractivity contribution in [1.29, 1.82) is 0 Å². The van der Waals surface area contributed by atoms with Crippen LogP contribution in [0.25, 0.3) is 10.7 Å². The van der Waals surface area contributed by atoms with Crippen molar-refractivity contribution in [2.45, 2.75) is 86.6 Å². The molecule has 1 saturated heterocycles. The Bertz CT molecular complexity index is 1770. The zero-order valence-electron chi connectivity index (χ0n) is 33.3. The predicted octanol–water partition coefficient (Wildman–Crippen LogP) is 2.98. The molecule has 2 aromatic heterocycles. The molecule has 0 spiro atoms. The number of nitrogens with zero attached hydrogens (tertiary/aromatic N) is 2. The lowest BCUT2D eigenvalue weighted by atomic mass is 9.96. The van der Waals surface area contributed by atoms with Crippen LogP contribution in [0.4, 0.5) is 9.59 Å². The molecule has 0 aromatic carbocycles. The first-order valence-electron chi connectivity index (χ1n) is 17.3. The number of rotatable bonds is 20. The summed E-state index contributed by atoms with van der Waals surface area (Å²) in [6.07, 6.45) is -12.3. The minimum atomic E-state index is -1.97. The molecule has 3 heterocycles. The van der Waals surface area contributed by atoms with Crippen molar-refractivity contribution < 1.29 is 80.9 Å². The predicted molar refractivity (Wildman–Crippen MR) is 209 cm³/mol. The average Bonchev–Trinajstić information content (AvgIpc) is 3.88. The van der Waals surface area contributed by atoms with Gasteiger partial charge < -0.3 is 68.1 Å². The third kappa shape index (κ3) is 15.3. The van der Waals surface area contributed by atoms with Gasteiger partial charge in [0.2, 0.25) is 16.0 Å². The van der Waals surface area contributed by atoms with Crippen molar-refractivity contribution in [2.24, 2.45) is 0 Å². The quantitative estimate of drug-likeness (QED) is 0.0745. The third-order valence-corrected chi connectivity index (χ3v) is 9.90. The van der Waals surface area contributed by atoms with Crippen LogP contribution in [0.1, 0.15) is 49.3 Å². The zero-order chi connectivity index (χ0) is 44.7. The van der Waals surface area contributed by atoms with Crippen LogP contribution in [0.3, 0.4) is 0 Å². The van der Waals surface area contributed by atoms with E-state index in [0.717, 1.165) is 43.6 Å². The molecule has 60 heavy (non-hydrogen) atoms. The summed E-state index contributed by atoms with van der Waals surface area (Å²) < 4.78 is 58.0. The Hall–Kier alpha value is -3.69. The van der Waals surface area contributed by atoms with Crippen LogP contribution in [0.2, 0.25) is 0 Å². The fourth-order valence-electron chi connectivity index (χ4n) is 5.23. The number of carbonyl (C=O) groups excluding carboxylic acids is 6. The Balaban J connectivity index is 2.15. The molecule has 1 aliphatic rings. The summed E-state index contributed by atoms with van der Waals surface area (Å²) in [5, 5.41) is 11.1. The molecule has 2 aromatic rings. The second-order valence-corrected chi connectivity index (χ2v) is 16.5. The molecular formula is C33H44Cl3N5O17S2. The number of carbonyl (C=O) groups is 6. The number of amides is 3.